The van der Waals surface area contributed by atoms with Gasteiger partial charge >= 0.3 is 0 Å². The van der Waals surface area contributed by atoms with E-state index >= 15 is 4.39 Å². The van der Waals surface area contributed by atoms with Gasteiger partial charge in [0.25, 0.3) is 0 Å². The fraction of sp³-hybridized carbons (Fsp3) is 0.480. The van der Waals surface area contributed by atoms with Crippen molar-refractivity contribution in [3.8, 4) is 17.0 Å². The van der Waals surface area contributed by atoms with Crippen LogP contribution in [0, 0.1) is 12.7 Å². The van der Waals surface area contributed by atoms with Crippen molar-refractivity contribution < 1.29 is 22.6 Å². The number of alkyl halides is 2. The molecule has 3 aromatic heterocycles. The van der Waals surface area contributed by atoms with E-state index in [0.717, 1.165) is 6.54 Å². The maximum Gasteiger partial charge on any atom is 0.244 e. The number of fused-ring (bicyclic) bond motifs is 2. The van der Waals surface area contributed by atoms with Crippen LogP contribution in [0.5, 0.6) is 5.88 Å². The Morgan fingerprint density at radius 1 is 1.24 bits per heavy atom. The highest BCUT2D eigenvalue weighted by Crippen LogP contribution is 2.36. The number of likely N-dealkylation sites (tertiary alicyclic amines) is 1. The van der Waals surface area contributed by atoms with Gasteiger partial charge in [0.1, 0.15) is 24.2 Å². The molecule has 1 aromatic carbocycles. The van der Waals surface area contributed by atoms with Gasteiger partial charge in [0, 0.05) is 13.1 Å². The minimum absolute atomic E-state index is 0.157. The average molecular weight is 516 g/mol. The quantitative estimate of drug-likeness (QED) is 0.404. The number of aryl methyl sites for hydroxylation is 2. The second-order valence-electron chi connectivity index (χ2n) is 9.53. The van der Waals surface area contributed by atoms with Crippen LogP contribution in [0.3, 0.4) is 0 Å². The lowest BCUT2D eigenvalue weighted by atomic mass is 10.0. The van der Waals surface area contributed by atoms with Gasteiger partial charge in [-0.05, 0) is 31.0 Å². The smallest absolute Gasteiger partial charge is 0.244 e. The zero-order chi connectivity index (χ0) is 25.7. The molecule has 4 aromatic rings. The molecular formula is C25H28F3N7O2. The van der Waals surface area contributed by atoms with Crippen molar-refractivity contribution in [3.05, 3.63) is 36.0 Å². The van der Waals surface area contributed by atoms with E-state index in [1.165, 1.54) is 17.8 Å². The van der Waals surface area contributed by atoms with Gasteiger partial charge in [-0.25, -0.2) is 22.7 Å². The summed E-state index contributed by atoms with van der Waals surface area (Å²) in [5.41, 5.74) is 2.57. The molecule has 2 atom stereocenters. The maximum atomic E-state index is 15.3. The number of methoxy groups -OCH3 is 1. The first-order valence-corrected chi connectivity index (χ1v) is 12.3. The average Bonchev–Trinajstić information content (AvgIpc) is 3.34. The molecule has 2 aliphatic heterocycles. The molecule has 2 aliphatic rings. The molecule has 0 amide bonds. The lowest BCUT2D eigenvalue weighted by Gasteiger charge is -2.42. The summed E-state index contributed by atoms with van der Waals surface area (Å²) in [7, 11) is 1.45. The van der Waals surface area contributed by atoms with Crippen molar-refractivity contribution >= 4 is 22.5 Å². The number of anilines is 1. The zero-order valence-electron chi connectivity index (χ0n) is 20.6. The first kappa shape index (κ1) is 24.0. The summed E-state index contributed by atoms with van der Waals surface area (Å²) >= 11 is 0. The molecule has 0 saturated carbocycles. The molecule has 2 fully saturated rings. The highest BCUT2D eigenvalue weighted by atomic mass is 19.1. The first-order valence-electron chi connectivity index (χ1n) is 12.3. The largest absolute Gasteiger partial charge is 0.479 e. The van der Waals surface area contributed by atoms with E-state index in [1.54, 1.807) is 22.8 Å². The number of aromatic nitrogens is 5. The Balaban J connectivity index is 1.33. The number of ether oxygens (including phenoxy) is 2. The van der Waals surface area contributed by atoms with Gasteiger partial charge in [0.15, 0.2) is 5.82 Å². The first-order chi connectivity index (χ1) is 18.0. The van der Waals surface area contributed by atoms with Gasteiger partial charge in [0.2, 0.25) is 11.8 Å². The number of nitrogens with one attached hydrogen (secondary N) is 1. The predicted octanol–water partition coefficient (Wildman–Crippen LogP) is 3.39. The summed E-state index contributed by atoms with van der Waals surface area (Å²) in [5.74, 6) is 0.480. The van der Waals surface area contributed by atoms with Crippen molar-refractivity contribution in [2.45, 2.75) is 38.1 Å². The van der Waals surface area contributed by atoms with Crippen LogP contribution in [0.2, 0.25) is 0 Å². The third kappa shape index (κ3) is 4.17. The van der Waals surface area contributed by atoms with Crippen LogP contribution >= 0.6 is 0 Å². The van der Waals surface area contributed by atoms with Gasteiger partial charge in [-0.1, -0.05) is 6.07 Å². The highest BCUT2D eigenvalue weighted by molar-refractivity contribution is 5.90. The number of rotatable bonds is 7. The third-order valence-corrected chi connectivity index (χ3v) is 7.31. The van der Waals surface area contributed by atoms with Crippen LogP contribution in [0.4, 0.5) is 19.1 Å². The summed E-state index contributed by atoms with van der Waals surface area (Å²) in [6.45, 7) is 3.79. The Hall–Kier alpha value is -3.38. The molecule has 0 aliphatic carbocycles. The third-order valence-electron chi connectivity index (χ3n) is 7.31. The summed E-state index contributed by atoms with van der Waals surface area (Å²) < 4.78 is 57.3. The number of piperidine rings is 1. The van der Waals surface area contributed by atoms with Gasteiger partial charge < -0.3 is 19.4 Å². The molecule has 196 valence electrons. The Labute approximate surface area is 211 Å². The normalized spacial score (nSPS) is 21.0. The van der Waals surface area contributed by atoms with Gasteiger partial charge in [-0.2, -0.15) is 4.98 Å². The van der Waals surface area contributed by atoms with E-state index in [-0.39, 0.29) is 30.0 Å². The van der Waals surface area contributed by atoms with Crippen molar-refractivity contribution in [1.29, 1.82) is 0 Å². The molecule has 1 N–H and O–H groups in total. The Kier molecular flexibility index (Phi) is 6.15. The van der Waals surface area contributed by atoms with Gasteiger partial charge in [-0.15, -0.1) is 5.10 Å². The summed E-state index contributed by atoms with van der Waals surface area (Å²) in [4.78, 5) is 11.0. The fourth-order valence-electron chi connectivity index (χ4n) is 5.29. The number of imidazole rings is 1. The molecule has 9 nitrogen and oxygen atoms in total. The van der Waals surface area contributed by atoms with Crippen LogP contribution in [0.15, 0.2) is 24.4 Å². The lowest BCUT2D eigenvalue weighted by molar-refractivity contribution is -0.0794. The number of hydrogen-bond acceptors (Lipinski definition) is 7. The molecule has 2 saturated heterocycles. The highest BCUT2D eigenvalue weighted by Gasteiger charge is 2.36. The van der Waals surface area contributed by atoms with E-state index in [4.69, 9.17) is 9.47 Å². The second-order valence-corrected chi connectivity index (χ2v) is 9.53. The standard InChI is InChI=1S/C25H28F3N7O2/c1-14-29-20-4-3-15(9-21(20)34(14)8-6-26)22-18(28)11-35-23(22)24(36-2)31-25(32-35)30-19-5-7-33(10-17(19)27)16-12-37-13-16/h3-4,9,11,16-17,19H,5-8,10,12-13H2,1-2H3,(H,30,32)/t17-,19+/m1/s1. The van der Waals surface area contributed by atoms with E-state index < -0.39 is 24.7 Å². The Morgan fingerprint density at radius 2 is 2.08 bits per heavy atom. The molecule has 0 radical (unpaired) electrons. The van der Waals surface area contributed by atoms with E-state index in [1.807, 2.05) is 6.92 Å². The Morgan fingerprint density at radius 3 is 2.78 bits per heavy atom. The predicted molar refractivity (Wildman–Crippen MR) is 132 cm³/mol. The van der Waals surface area contributed by atoms with Crippen molar-refractivity contribution in [2.75, 3.05) is 45.4 Å². The SMILES string of the molecule is COc1nc(N[C@H]2CCN(C3COC3)C[C@H]2F)nn2cc(F)c(-c3ccc4nc(C)n(CCF)c4c3)c12. The lowest BCUT2D eigenvalue weighted by Crippen LogP contribution is -2.57. The van der Waals surface area contributed by atoms with Crippen molar-refractivity contribution in [3.63, 3.8) is 0 Å². The van der Waals surface area contributed by atoms with Crippen LogP contribution in [-0.4, -0.2) is 87.4 Å². The zero-order valence-corrected chi connectivity index (χ0v) is 20.6. The van der Waals surface area contributed by atoms with Crippen molar-refractivity contribution in [1.82, 2.24) is 29.0 Å². The molecule has 0 unspecified atom stereocenters. The van der Waals surface area contributed by atoms with Crippen LogP contribution < -0.4 is 10.1 Å². The molecule has 6 rings (SSSR count). The molecule has 0 bridgehead atoms. The van der Waals surface area contributed by atoms with Crippen molar-refractivity contribution in [2.24, 2.45) is 0 Å². The second kappa shape index (κ2) is 9.49. The maximum absolute atomic E-state index is 15.3. The summed E-state index contributed by atoms with van der Waals surface area (Å²) in [6, 6.07) is 5.13. The molecule has 5 heterocycles. The van der Waals surface area contributed by atoms with Crippen LogP contribution in [0.1, 0.15) is 12.2 Å². The molecule has 0 spiro atoms. The molecule has 37 heavy (non-hydrogen) atoms. The minimum atomic E-state index is -1.11. The van der Waals surface area contributed by atoms with Gasteiger partial charge in [0.05, 0.1) is 61.7 Å². The van der Waals surface area contributed by atoms with Gasteiger partial charge in [-0.3, -0.25) is 4.90 Å². The van der Waals surface area contributed by atoms with Crippen LogP contribution in [0.25, 0.3) is 27.7 Å². The molecule has 12 heteroatoms. The molecular weight excluding hydrogens is 487 g/mol. The topological polar surface area (TPSA) is 81.7 Å². The van der Waals surface area contributed by atoms with E-state index in [9.17, 15) is 8.78 Å². The summed E-state index contributed by atoms with van der Waals surface area (Å²) in [5, 5.41) is 7.51. The monoisotopic (exact) mass is 515 g/mol. The minimum Gasteiger partial charge on any atom is -0.479 e. The van der Waals surface area contributed by atoms with Crippen LogP contribution in [-0.2, 0) is 11.3 Å². The summed E-state index contributed by atoms with van der Waals surface area (Å²) in [6.07, 6.45) is 0.722. The number of benzene rings is 1. The number of nitrogens with zero attached hydrogens (tertiary/aromatic N) is 6. The van der Waals surface area contributed by atoms with E-state index in [0.29, 0.717) is 54.1 Å². The van der Waals surface area contributed by atoms with E-state index in [2.05, 4.69) is 25.3 Å². The fourth-order valence-corrected chi connectivity index (χ4v) is 5.29. The number of halogens is 3. The Bertz CT molecular complexity index is 1450. The number of hydrogen-bond donors (Lipinski definition) is 1.